The van der Waals surface area contributed by atoms with Gasteiger partial charge in [-0.1, -0.05) is 19.1 Å². The molecule has 0 aliphatic heterocycles. The number of quaternary nitrogens is 1. The molecule has 0 aromatic carbocycles. The Hall–Kier alpha value is -1.93. The molecule has 29 heavy (non-hydrogen) atoms. The number of nitrogens with one attached hydrogen (secondary N) is 1. The number of allylic oxidation sites excluding steroid dienone is 2. The number of aliphatic hydroxyl groups excluding tert-OH is 1. The van der Waals surface area contributed by atoms with Gasteiger partial charge in [0.25, 0.3) is 0 Å². The van der Waals surface area contributed by atoms with Crippen molar-refractivity contribution in [2.24, 2.45) is 0 Å². The molecule has 0 fully saturated rings. The zero-order valence-corrected chi connectivity index (χ0v) is 17.8. The summed E-state index contributed by atoms with van der Waals surface area (Å²) in [5.74, 6) is -1.66. The maximum atomic E-state index is 12.0. The van der Waals surface area contributed by atoms with E-state index in [4.69, 9.17) is 10.2 Å². The third-order valence-corrected chi connectivity index (χ3v) is 4.97. The van der Waals surface area contributed by atoms with Crippen LogP contribution in [0, 0.1) is 0 Å². The van der Waals surface area contributed by atoms with Crippen LogP contribution in [0.5, 0.6) is 0 Å². The molecular formula is C21H39N2O6+. The predicted octanol–water partition coefficient (Wildman–Crippen LogP) is 2.17. The summed E-state index contributed by atoms with van der Waals surface area (Å²) in [7, 11) is 0. The van der Waals surface area contributed by atoms with Gasteiger partial charge in [0.05, 0.1) is 32.8 Å². The van der Waals surface area contributed by atoms with E-state index in [2.05, 4.69) is 5.32 Å². The molecule has 8 heteroatoms. The summed E-state index contributed by atoms with van der Waals surface area (Å²) in [5, 5.41) is 30.2. The molecule has 0 saturated heterocycles. The average molecular weight is 416 g/mol. The molecule has 0 aromatic heterocycles. The second-order valence-electron chi connectivity index (χ2n) is 7.43. The molecule has 0 radical (unpaired) electrons. The van der Waals surface area contributed by atoms with Crippen LogP contribution in [0.3, 0.4) is 0 Å². The van der Waals surface area contributed by atoms with E-state index in [1.807, 2.05) is 19.1 Å². The summed E-state index contributed by atoms with van der Waals surface area (Å²) in [5.41, 5.74) is 0. The number of nitrogens with zero attached hydrogens (tertiary/aromatic N) is 1. The lowest BCUT2D eigenvalue weighted by molar-refractivity contribution is -0.927. The quantitative estimate of drug-likeness (QED) is 0.146. The first kappa shape index (κ1) is 27.1. The van der Waals surface area contributed by atoms with Crippen molar-refractivity contribution in [1.29, 1.82) is 0 Å². The molecule has 0 saturated carbocycles. The minimum absolute atomic E-state index is 0.00633. The van der Waals surface area contributed by atoms with E-state index in [1.54, 1.807) is 0 Å². The number of aliphatic hydroxyl groups is 1. The maximum Gasteiger partial charge on any atom is 0.303 e. The van der Waals surface area contributed by atoms with Crippen LogP contribution in [-0.2, 0) is 14.4 Å². The Morgan fingerprint density at radius 1 is 0.828 bits per heavy atom. The van der Waals surface area contributed by atoms with Crippen LogP contribution >= 0.6 is 0 Å². The van der Waals surface area contributed by atoms with Gasteiger partial charge in [0.15, 0.2) is 0 Å². The molecule has 0 rings (SSSR count). The van der Waals surface area contributed by atoms with Crippen LogP contribution in [0.2, 0.25) is 0 Å². The van der Waals surface area contributed by atoms with E-state index >= 15 is 0 Å². The van der Waals surface area contributed by atoms with Crippen LogP contribution in [0.25, 0.3) is 0 Å². The van der Waals surface area contributed by atoms with E-state index in [-0.39, 0.29) is 25.4 Å². The van der Waals surface area contributed by atoms with Gasteiger partial charge in [0.2, 0.25) is 5.91 Å². The number of unbranched alkanes of at least 4 members (excludes halogenated alkanes) is 2. The number of carbonyl (C=O) groups excluding carboxylic acids is 1. The predicted molar refractivity (Wildman–Crippen MR) is 111 cm³/mol. The van der Waals surface area contributed by atoms with Crippen LogP contribution in [0.15, 0.2) is 12.2 Å². The van der Waals surface area contributed by atoms with Crippen molar-refractivity contribution in [2.75, 3.05) is 39.3 Å². The lowest BCUT2D eigenvalue weighted by atomic mass is 10.1. The zero-order chi connectivity index (χ0) is 22.0. The van der Waals surface area contributed by atoms with E-state index in [0.717, 1.165) is 6.42 Å². The van der Waals surface area contributed by atoms with Crippen LogP contribution in [0.1, 0.15) is 64.7 Å². The molecule has 0 aliphatic rings. The van der Waals surface area contributed by atoms with Gasteiger partial charge in [-0.2, -0.15) is 0 Å². The molecule has 0 aromatic rings. The minimum atomic E-state index is -0.823. The Balaban J connectivity index is 4.68. The number of rotatable bonds is 19. The SMILES string of the molecule is CC/C=C/CCC(=O)NCC[N+](CCO)(CCCCC(=O)O)CCCCC(=O)O. The molecule has 0 bridgehead atoms. The number of hydrogen-bond acceptors (Lipinski definition) is 4. The molecule has 0 aliphatic carbocycles. The normalized spacial score (nSPS) is 11.7. The Kier molecular flexibility index (Phi) is 15.8. The van der Waals surface area contributed by atoms with Gasteiger partial charge in [0, 0.05) is 19.3 Å². The van der Waals surface area contributed by atoms with Crippen molar-refractivity contribution < 1.29 is 34.2 Å². The van der Waals surface area contributed by atoms with E-state index < -0.39 is 11.9 Å². The fraction of sp³-hybridized carbons (Fsp3) is 0.762. The first-order valence-corrected chi connectivity index (χ1v) is 10.7. The van der Waals surface area contributed by atoms with Crippen LogP contribution in [0.4, 0.5) is 0 Å². The molecule has 168 valence electrons. The van der Waals surface area contributed by atoms with Gasteiger partial charge in [0.1, 0.15) is 6.54 Å². The monoisotopic (exact) mass is 415 g/mol. The van der Waals surface area contributed by atoms with E-state index in [9.17, 15) is 19.5 Å². The highest BCUT2D eigenvalue weighted by Crippen LogP contribution is 2.13. The third-order valence-electron chi connectivity index (χ3n) is 4.97. The van der Waals surface area contributed by atoms with E-state index in [1.165, 1.54) is 0 Å². The summed E-state index contributed by atoms with van der Waals surface area (Å²) in [6.45, 7) is 5.07. The fourth-order valence-electron chi connectivity index (χ4n) is 3.35. The van der Waals surface area contributed by atoms with Gasteiger partial charge in [-0.3, -0.25) is 14.4 Å². The van der Waals surface area contributed by atoms with Crippen molar-refractivity contribution in [2.45, 2.75) is 64.7 Å². The largest absolute Gasteiger partial charge is 0.481 e. The topological polar surface area (TPSA) is 124 Å². The van der Waals surface area contributed by atoms with Crippen molar-refractivity contribution >= 4 is 17.8 Å². The lowest BCUT2D eigenvalue weighted by Crippen LogP contribution is -2.54. The molecule has 8 nitrogen and oxygen atoms in total. The number of amides is 1. The molecule has 0 heterocycles. The van der Waals surface area contributed by atoms with Crippen LogP contribution in [-0.4, -0.2) is 77.0 Å². The van der Waals surface area contributed by atoms with Gasteiger partial charge < -0.3 is 25.1 Å². The van der Waals surface area contributed by atoms with E-state index in [0.29, 0.717) is 75.7 Å². The Morgan fingerprint density at radius 3 is 1.90 bits per heavy atom. The molecular weight excluding hydrogens is 376 g/mol. The van der Waals surface area contributed by atoms with Crippen molar-refractivity contribution in [3.05, 3.63) is 12.2 Å². The summed E-state index contributed by atoms with van der Waals surface area (Å²) in [6.07, 6.45) is 8.89. The Bertz CT molecular complexity index is 485. The fourth-order valence-corrected chi connectivity index (χ4v) is 3.35. The lowest BCUT2D eigenvalue weighted by Gasteiger charge is -2.39. The highest BCUT2D eigenvalue weighted by molar-refractivity contribution is 5.75. The number of carbonyl (C=O) groups is 3. The molecule has 0 unspecified atom stereocenters. The van der Waals surface area contributed by atoms with Gasteiger partial charge >= 0.3 is 11.9 Å². The molecule has 4 N–H and O–H groups in total. The number of aliphatic carboxylic acids is 2. The summed E-state index contributed by atoms with van der Waals surface area (Å²) in [4.78, 5) is 33.5. The van der Waals surface area contributed by atoms with Gasteiger partial charge in [-0.05, 0) is 38.5 Å². The molecule has 1 amide bonds. The molecule has 0 atom stereocenters. The zero-order valence-electron chi connectivity index (χ0n) is 17.8. The first-order valence-electron chi connectivity index (χ1n) is 10.7. The van der Waals surface area contributed by atoms with Crippen molar-refractivity contribution in [3.8, 4) is 0 Å². The highest BCUT2D eigenvalue weighted by Gasteiger charge is 2.26. The second kappa shape index (κ2) is 17.0. The minimum Gasteiger partial charge on any atom is -0.481 e. The van der Waals surface area contributed by atoms with Crippen LogP contribution < -0.4 is 5.32 Å². The Labute approximate surface area is 174 Å². The highest BCUT2D eigenvalue weighted by atomic mass is 16.4. The smallest absolute Gasteiger partial charge is 0.303 e. The standard InChI is InChI=1S/C21H38N2O6/c1-2-3-4-5-10-19(25)22-13-16-23(17-18-24,14-8-6-11-20(26)27)15-9-7-12-21(28)29/h3-4,24H,2,5-18H2,1H3,(H2-,22,25,26,27,28,29)/p+1/b4-3+. The summed E-state index contributed by atoms with van der Waals surface area (Å²) < 4.78 is 0.561. The molecule has 0 spiro atoms. The second-order valence-corrected chi connectivity index (χ2v) is 7.43. The number of hydrogen-bond donors (Lipinski definition) is 4. The number of carboxylic acids is 2. The summed E-state index contributed by atoms with van der Waals surface area (Å²) in [6, 6.07) is 0. The summed E-state index contributed by atoms with van der Waals surface area (Å²) >= 11 is 0. The van der Waals surface area contributed by atoms with Gasteiger partial charge in [-0.15, -0.1) is 0 Å². The first-order chi connectivity index (χ1) is 13.8. The van der Waals surface area contributed by atoms with Gasteiger partial charge in [-0.25, -0.2) is 0 Å². The van der Waals surface area contributed by atoms with Crippen molar-refractivity contribution in [1.82, 2.24) is 5.32 Å². The maximum absolute atomic E-state index is 12.0. The average Bonchev–Trinajstić information content (AvgIpc) is 2.66. The van der Waals surface area contributed by atoms with Crippen molar-refractivity contribution in [3.63, 3.8) is 0 Å². The number of carboxylic acid groups (broad SMARTS) is 2. The third kappa shape index (κ3) is 15.6. The Morgan fingerprint density at radius 2 is 1.41 bits per heavy atom.